The van der Waals surface area contributed by atoms with Gasteiger partial charge in [0.05, 0.1) is 18.1 Å². The number of anilines is 1. The number of carbonyl (C=O) groups excluding carboxylic acids is 1. The van der Waals surface area contributed by atoms with Gasteiger partial charge < -0.3 is 11.1 Å². The van der Waals surface area contributed by atoms with E-state index >= 15 is 0 Å². The molecule has 1 aromatic heterocycles. The van der Waals surface area contributed by atoms with Gasteiger partial charge in [-0.1, -0.05) is 13.3 Å². The first kappa shape index (κ1) is 11.6. The van der Waals surface area contributed by atoms with E-state index in [1.54, 1.807) is 12.4 Å². The maximum Gasteiger partial charge on any atom is 0.226 e. The molecule has 1 heterocycles. The van der Waals surface area contributed by atoms with Crippen LogP contribution in [0, 0.1) is 0 Å². The fourth-order valence-electron chi connectivity index (χ4n) is 1.29. The molecule has 1 rings (SSSR count). The molecular formula is C10H16N4O. The highest BCUT2D eigenvalue weighted by atomic mass is 16.1. The average Bonchev–Trinajstić information content (AvgIpc) is 2.19. The Labute approximate surface area is 89.1 Å². The van der Waals surface area contributed by atoms with Gasteiger partial charge in [0.1, 0.15) is 6.33 Å². The highest BCUT2D eigenvalue weighted by Gasteiger charge is 2.08. The second kappa shape index (κ2) is 6.08. The molecule has 0 aromatic carbocycles. The quantitative estimate of drug-likeness (QED) is 0.754. The molecule has 1 unspecified atom stereocenters. The zero-order valence-electron chi connectivity index (χ0n) is 8.81. The maximum absolute atomic E-state index is 11.5. The fraction of sp³-hybridized carbons (Fsp3) is 0.500. The standard InChI is InChI=1S/C10H16N4O/c1-2-3-8(11)4-10(15)14-9-5-12-7-13-6-9/h5-8H,2-4,11H2,1H3,(H,14,15). The van der Waals surface area contributed by atoms with Gasteiger partial charge in [0.15, 0.2) is 0 Å². The van der Waals surface area contributed by atoms with E-state index in [0.717, 1.165) is 12.8 Å². The van der Waals surface area contributed by atoms with Crippen molar-refractivity contribution < 1.29 is 4.79 Å². The second-order valence-corrected chi connectivity index (χ2v) is 3.43. The molecule has 0 aliphatic heterocycles. The normalized spacial score (nSPS) is 12.1. The van der Waals surface area contributed by atoms with Crippen molar-refractivity contribution in [3.63, 3.8) is 0 Å². The van der Waals surface area contributed by atoms with Crippen molar-refractivity contribution in [2.75, 3.05) is 5.32 Å². The summed E-state index contributed by atoms with van der Waals surface area (Å²) in [6, 6.07) is -0.0698. The third-order valence-electron chi connectivity index (χ3n) is 1.95. The van der Waals surface area contributed by atoms with Crippen LogP contribution in [0.5, 0.6) is 0 Å². The van der Waals surface area contributed by atoms with Gasteiger partial charge in [0.25, 0.3) is 0 Å². The number of hydrogen-bond acceptors (Lipinski definition) is 4. The molecule has 5 nitrogen and oxygen atoms in total. The number of nitrogens with one attached hydrogen (secondary N) is 1. The van der Waals surface area contributed by atoms with Crippen molar-refractivity contribution in [2.24, 2.45) is 5.73 Å². The lowest BCUT2D eigenvalue weighted by molar-refractivity contribution is -0.116. The lowest BCUT2D eigenvalue weighted by atomic mass is 10.1. The van der Waals surface area contributed by atoms with Crippen LogP contribution in [0.15, 0.2) is 18.7 Å². The van der Waals surface area contributed by atoms with E-state index in [1.807, 2.05) is 6.92 Å². The molecule has 0 bridgehead atoms. The maximum atomic E-state index is 11.5. The van der Waals surface area contributed by atoms with Crippen LogP contribution in [0.4, 0.5) is 5.69 Å². The summed E-state index contributed by atoms with van der Waals surface area (Å²) in [6.45, 7) is 2.04. The van der Waals surface area contributed by atoms with Gasteiger partial charge in [-0.05, 0) is 6.42 Å². The van der Waals surface area contributed by atoms with Gasteiger partial charge in [-0.3, -0.25) is 4.79 Å². The van der Waals surface area contributed by atoms with E-state index < -0.39 is 0 Å². The van der Waals surface area contributed by atoms with Crippen LogP contribution in [0.2, 0.25) is 0 Å². The van der Waals surface area contributed by atoms with E-state index in [1.165, 1.54) is 6.33 Å². The van der Waals surface area contributed by atoms with Crippen LogP contribution in [-0.2, 0) is 4.79 Å². The van der Waals surface area contributed by atoms with Gasteiger partial charge in [0.2, 0.25) is 5.91 Å². The third-order valence-corrected chi connectivity index (χ3v) is 1.95. The third kappa shape index (κ3) is 4.51. The largest absolute Gasteiger partial charge is 0.327 e. The van der Waals surface area contributed by atoms with Crippen LogP contribution >= 0.6 is 0 Å². The molecule has 3 N–H and O–H groups in total. The molecule has 1 atom stereocenters. The Balaban J connectivity index is 2.36. The lowest BCUT2D eigenvalue weighted by Crippen LogP contribution is -2.26. The molecule has 0 fully saturated rings. The van der Waals surface area contributed by atoms with Gasteiger partial charge in [-0.2, -0.15) is 0 Å². The van der Waals surface area contributed by atoms with Gasteiger partial charge >= 0.3 is 0 Å². The molecule has 1 aromatic rings. The highest BCUT2D eigenvalue weighted by molar-refractivity contribution is 5.90. The number of nitrogens with two attached hydrogens (primary N) is 1. The number of hydrogen-bond donors (Lipinski definition) is 2. The highest BCUT2D eigenvalue weighted by Crippen LogP contribution is 2.04. The predicted octanol–water partition coefficient (Wildman–Crippen LogP) is 0.933. The zero-order chi connectivity index (χ0) is 11.1. The summed E-state index contributed by atoms with van der Waals surface area (Å²) in [6.07, 6.45) is 6.70. The van der Waals surface area contributed by atoms with E-state index in [2.05, 4.69) is 15.3 Å². The SMILES string of the molecule is CCCC(N)CC(=O)Nc1cncnc1. The molecule has 15 heavy (non-hydrogen) atoms. The van der Waals surface area contributed by atoms with Gasteiger partial charge in [0, 0.05) is 12.5 Å². The summed E-state index contributed by atoms with van der Waals surface area (Å²) in [5, 5.41) is 2.69. The van der Waals surface area contributed by atoms with Crippen molar-refractivity contribution in [1.82, 2.24) is 9.97 Å². The first-order valence-corrected chi connectivity index (χ1v) is 5.02. The predicted molar refractivity (Wildman–Crippen MR) is 58.2 cm³/mol. The molecule has 82 valence electrons. The summed E-state index contributed by atoms with van der Waals surface area (Å²) < 4.78 is 0. The monoisotopic (exact) mass is 208 g/mol. The zero-order valence-corrected chi connectivity index (χ0v) is 8.81. The van der Waals surface area contributed by atoms with E-state index in [4.69, 9.17) is 5.73 Å². The number of carbonyl (C=O) groups is 1. The van der Waals surface area contributed by atoms with Gasteiger partial charge in [-0.25, -0.2) is 9.97 Å². The van der Waals surface area contributed by atoms with Crippen molar-refractivity contribution >= 4 is 11.6 Å². The Hall–Kier alpha value is -1.49. The summed E-state index contributed by atoms with van der Waals surface area (Å²) >= 11 is 0. The minimum Gasteiger partial charge on any atom is -0.327 e. The Kier molecular flexibility index (Phi) is 4.70. The molecule has 0 saturated carbocycles. The smallest absolute Gasteiger partial charge is 0.226 e. The summed E-state index contributed by atoms with van der Waals surface area (Å²) in [5.74, 6) is -0.0919. The molecule has 0 aliphatic rings. The van der Waals surface area contributed by atoms with Crippen molar-refractivity contribution in [1.29, 1.82) is 0 Å². The second-order valence-electron chi connectivity index (χ2n) is 3.43. The summed E-state index contributed by atoms with van der Waals surface area (Å²) in [5.41, 5.74) is 6.35. The van der Waals surface area contributed by atoms with E-state index in [-0.39, 0.29) is 11.9 Å². The Morgan fingerprint density at radius 3 is 2.80 bits per heavy atom. The van der Waals surface area contributed by atoms with Crippen molar-refractivity contribution in [3.8, 4) is 0 Å². The van der Waals surface area contributed by atoms with Crippen LogP contribution in [-0.4, -0.2) is 21.9 Å². The Bertz CT molecular complexity index is 302. The number of aromatic nitrogens is 2. The summed E-state index contributed by atoms with van der Waals surface area (Å²) in [7, 11) is 0. The van der Waals surface area contributed by atoms with E-state index in [9.17, 15) is 4.79 Å². The number of rotatable bonds is 5. The van der Waals surface area contributed by atoms with Gasteiger partial charge in [-0.15, -0.1) is 0 Å². The first-order chi connectivity index (χ1) is 7.22. The molecule has 5 heteroatoms. The first-order valence-electron chi connectivity index (χ1n) is 5.02. The number of amides is 1. The Morgan fingerprint density at radius 1 is 1.53 bits per heavy atom. The molecule has 1 amide bonds. The van der Waals surface area contributed by atoms with Crippen LogP contribution in [0.1, 0.15) is 26.2 Å². The van der Waals surface area contributed by atoms with Crippen LogP contribution in [0.25, 0.3) is 0 Å². The van der Waals surface area contributed by atoms with Crippen LogP contribution in [0.3, 0.4) is 0 Å². The molecule has 0 radical (unpaired) electrons. The minimum atomic E-state index is -0.0919. The Morgan fingerprint density at radius 2 is 2.20 bits per heavy atom. The number of nitrogens with zero attached hydrogens (tertiary/aromatic N) is 2. The van der Waals surface area contributed by atoms with Crippen molar-refractivity contribution in [2.45, 2.75) is 32.2 Å². The molecular weight excluding hydrogens is 192 g/mol. The topological polar surface area (TPSA) is 80.9 Å². The van der Waals surface area contributed by atoms with E-state index in [0.29, 0.717) is 12.1 Å². The molecule has 0 saturated heterocycles. The minimum absolute atomic E-state index is 0.0698. The molecule has 0 spiro atoms. The lowest BCUT2D eigenvalue weighted by Gasteiger charge is -2.09. The van der Waals surface area contributed by atoms with Crippen molar-refractivity contribution in [3.05, 3.63) is 18.7 Å². The van der Waals surface area contributed by atoms with Crippen LogP contribution < -0.4 is 11.1 Å². The average molecular weight is 208 g/mol. The summed E-state index contributed by atoms with van der Waals surface area (Å²) in [4.78, 5) is 19.0. The fourth-order valence-corrected chi connectivity index (χ4v) is 1.29. The molecule has 0 aliphatic carbocycles.